The average molecular weight is 231 g/mol. The summed E-state index contributed by atoms with van der Waals surface area (Å²) in [7, 11) is 1.79. The fourth-order valence-electron chi connectivity index (χ4n) is 0.984. The van der Waals surface area contributed by atoms with Gasteiger partial charge in [-0.15, -0.1) is 0 Å². The fraction of sp³-hybridized carbons (Fsp3) is 0.538. The molecule has 0 aliphatic carbocycles. The molecule has 0 fully saturated rings. The lowest BCUT2D eigenvalue weighted by Gasteiger charge is -2.01. The van der Waals surface area contributed by atoms with E-state index in [-0.39, 0.29) is 0 Å². The monoisotopic (exact) mass is 231 g/mol. The minimum Gasteiger partial charge on any atom is -0.319 e. The third-order valence-electron chi connectivity index (χ3n) is 1.66. The molecule has 0 saturated carbocycles. The number of halogens is 2. The Bertz CT molecular complexity index is 262. The van der Waals surface area contributed by atoms with Crippen LogP contribution in [0.1, 0.15) is 33.3 Å². The van der Waals surface area contributed by atoms with Crippen LogP contribution in [0.15, 0.2) is 18.2 Å². The molecular formula is C13H23F2N. The molecule has 0 atom stereocenters. The Hall–Kier alpha value is -0.960. The quantitative estimate of drug-likeness (QED) is 0.834. The normalized spacial score (nSPS) is 8.44. The topological polar surface area (TPSA) is 12.0 Å². The van der Waals surface area contributed by atoms with Crippen molar-refractivity contribution in [1.82, 2.24) is 5.32 Å². The highest BCUT2D eigenvalue weighted by Crippen LogP contribution is 2.09. The molecule has 0 saturated heterocycles. The van der Waals surface area contributed by atoms with Crippen LogP contribution in [0.3, 0.4) is 0 Å². The summed E-state index contributed by atoms with van der Waals surface area (Å²) in [5.41, 5.74) is 0.547. The lowest BCUT2D eigenvalue weighted by Crippen LogP contribution is -2.11. The third kappa shape index (κ3) is 7.35. The Balaban J connectivity index is 0. The maximum atomic E-state index is 12.9. The van der Waals surface area contributed by atoms with Gasteiger partial charge in [0.2, 0.25) is 0 Å². The van der Waals surface area contributed by atoms with E-state index in [4.69, 9.17) is 0 Å². The summed E-state index contributed by atoms with van der Waals surface area (Å²) >= 11 is 0. The summed E-state index contributed by atoms with van der Waals surface area (Å²) in [5.74, 6) is -0.994. The Labute approximate surface area is 97.9 Å². The van der Waals surface area contributed by atoms with Crippen molar-refractivity contribution < 1.29 is 8.78 Å². The zero-order valence-electron chi connectivity index (χ0n) is 10.9. The molecule has 0 spiro atoms. The van der Waals surface area contributed by atoms with Crippen LogP contribution in [-0.2, 0) is 6.42 Å². The molecule has 94 valence electrons. The molecule has 1 nitrogen and oxygen atoms in total. The van der Waals surface area contributed by atoms with E-state index < -0.39 is 11.6 Å². The Morgan fingerprint density at radius 2 is 1.62 bits per heavy atom. The minimum atomic E-state index is -0.527. The highest BCUT2D eigenvalue weighted by atomic mass is 19.1. The number of rotatable bonds is 3. The Morgan fingerprint density at radius 1 is 1.06 bits per heavy atom. The predicted molar refractivity (Wildman–Crippen MR) is 66.7 cm³/mol. The lowest BCUT2D eigenvalue weighted by atomic mass is 10.1. The molecule has 0 amide bonds. The van der Waals surface area contributed by atoms with Crippen molar-refractivity contribution >= 4 is 0 Å². The van der Waals surface area contributed by atoms with Gasteiger partial charge in [-0.1, -0.05) is 33.8 Å². The van der Waals surface area contributed by atoms with Gasteiger partial charge in [0.25, 0.3) is 0 Å². The molecule has 0 unspecified atom stereocenters. The predicted octanol–water partition coefficient (Wildman–Crippen LogP) is 3.78. The molecule has 16 heavy (non-hydrogen) atoms. The molecule has 0 aromatic heterocycles. The highest BCUT2D eigenvalue weighted by Gasteiger charge is 2.01. The van der Waals surface area contributed by atoms with Crippen LogP contribution < -0.4 is 5.32 Å². The van der Waals surface area contributed by atoms with E-state index in [1.54, 1.807) is 7.05 Å². The number of hydrogen-bond donors (Lipinski definition) is 1. The zero-order valence-corrected chi connectivity index (χ0v) is 10.9. The summed E-state index contributed by atoms with van der Waals surface area (Å²) in [6.07, 6.45) is 0.586. The molecule has 0 aliphatic heterocycles. The van der Waals surface area contributed by atoms with Crippen LogP contribution in [0, 0.1) is 11.6 Å². The van der Waals surface area contributed by atoms with Crippen LogP contribution in [0.4, 0.5) is 8.78 Å². The molecular weight excluding hydrogens is 208 g/mol. The molecule has 3 heteroatoms. The van der Waals surface area contributed by atoms with E-state index >= 15 is 0 Å². The van der Waals surface area contributed by atoms with E-state index in [0.717, 1.165) is 6.07 Å². The third-order valence-corrected chi connectivity index (χ3v) is 1.66. The summed E-state index contributed by atoms with van der Waals surface area (Å²) in [4.78, 5) is 0. The largest absolute Gasteiger partial charge is 0.319 e. The fourth-order valence-corrected chi connectivity index (χ4v) is 0.984. The van der Waals surface area contributed by atoms with Gasteiger partial charge in [0.1, 0.15) is 11.6 Å². The SMILES string of the molecule is CC.CC.CNCCc1ccc(F)cc1F. The smallest absolute Gasteiger partial charge is 0.129 e. The van der Waals surface area contributed by atoms with E-state index in [1.165, 1.54) is 12.1 Å². The molecule has 0 heterocycles. The van der Waals surface area contributed by atoms with E-state index in [2.05, 4.69) is 5.32 Å². The van der Waals surface area contributed by atoms with Crippen LogP contribution in [0.5, 0.6) is 0 Å². The van der Waals surface area contributed by atoms with Gasteiger partial charge in [-0.3, -0.25) is 0 Å². The summed E-state index contributed by atoms with van der Waals surface area (Å²) in [6.45, 7) is 8.70. The number of nitrogens with one attached hydrogen (secondary N) is 1. The van der Waals surface area contributed by atoms with Crippen molar-refractivity contribution in [2.24, 2.45) is 0 Å². The van der Waals surface area contributed by atoms with Gasteiger partial charge >= 0.3 is 0 Å². The number of hydrogen-bond acceptors (Lipinski definition) is 1. The summed E-state index contributed by atoms with van der Waals surface area (Å²) in [5, 5.41) is 2.90. The molecule has 1 aromatic carbocycles. The van der Waals surface area contributed by atoms with Gasteiger partial charge in [-0.05, 0) is 31.6 Å². The van der Waals surface area contributed by atoms with Gasteiger partial charge in [0, 0.05) is 6.07 Å². The minimum absolute atomic E-state index is 0.467. The standard InChI is InChI=1S/C9H11F2N.2C2H6/c1-12-5-4-7-2-3-8(10)6-9(7)11;2*1-2/h2-3,6,12H,4-5H2,1H3;2*1-2H3. The Morgan fingerprint density at radius 3 is 2.06 bits per heavy atom. The van der Waals surface area contributed by atoms with Gasteiger partial charge in [0.05, 0.1) is 0 Å². The first kappa shape index (κ1) is 17.4. The number of benzene rings is 1. The molecule has 0 aliphatic rings. The first-order chi connectivity index (χ1) is 7.74. The lowest BCUT2D eigenvalue weighted by molar-refractivity contribution is 0.569. The van der Waals surface area contributed by atoms with Gasteiger partial charge < -0.3 is 5.32 Å². The van der Waals surface area contributed by atoms with E-state index in [0.29, 0.717) is 18.5 Å². The zero-order chi connectivity index (χ0) is 13.0. The van der Waals surface area contributed by atoms with E-state index in [9.17, 15) is 8.78 Å². The first-order valence-corrected chi connectivity index (χ1v) is 5.82. The van der Waals surface area contributed by atoms with Crippen molar-refractivity contribution in [2.75, 3.05) is 13.6 Å². The summed E-state index contributed by atoms with van der Waals surface area (Å²) in [6, 6.07) is 3.65. The van der Waals surface area contributed by atoms with Gasteiger partial charge in [-0.2, -0.15) is 0 Å². The van der Waals surface area contributed by atoms with Crippen LogP contribution in [0.2, 0.25) is 0 Å². The second-order valence-electron chi connectivity index (χ2n) is 2.59. The average Bonchev–Trinajstić information content (AvgIpc) is 2.33. The molecule has 0 bridgehead atoms. The maximum Gasteiger partial charge on any atom is 0.129 e. The van der Waals surface area contributed by atoms with Crippen LogP contribution in [-0.4, -0.2) is 13.6 Å². The van der Waals surface area contributed by atoms with Crippen molar-refractivity contribution in [2.45, 2.75) is 34.1 Å². The van der Waals surface area contributed by atoms with Crippen molar-refractivity contribution in [3.05, 3.63) is 35.4 Å². The molecule has 0 radical (unpaired) electrons. The second kappa shape index (κ2) is 12.1. The van der Waals surface area contributed by atoms with Gasteiger partial charge in [-0.25, -0.2) is 8.78 Å². The molecule has 1 N–H and O–H groups in total. The highest BCUT2D eigenvalue weighted by molar-refractivity contribution is 5.18. The van der Waals surface area contributed by atoms with Crippen molar-refractivity contribution in [3.63, 3.8) is 0 Å². The summed E-state index contributed by atoms with van der Waals surface area (Å²) < 4.78 is 25.3. The first-order valence-electron chi connectivity index (χ1n) is 5.82. The number of likely N-dealkylation sites (N-methyl/N-ethyl adjacent to an activating group) is 1. The second-order valence-corrected chi connectivity index (χ2v) is 2.59. The van der Waals surface area contributed by atoms with Crippen molar-refractivity contribution in [3.8, 4) is 0 Å². The van der Waals surface area contributed by atoms with Crippen molar-refractivity contribution in [1.29, 1.82) is 0 Å². The van der Waals surface area contributed by atoms with Crippen LogP contribution in [0.25, 0.3) is 0 Å². The van der Waals surface area contributed by atoms with E-state index in [1.807, 2.05) is 27.7 Å². The Kier molecular flexibility index (Phi) is 13.2. The maximum absolute atomic E-state index is 12.9. The van der Waals surface area contributed by atoms with Gasteiger partial charge in [0.15, 0.2) is 0 Å². The molecule has 1 aromatic rings. The van der Waals surface area contributed by atoms with Crippen LogP contribution >= 0.6 is 0 Å². The molecule has 1 rings (SSSR count).